The van der Waals surface area contributed by atoms with Gasteiger partial charge in [-0.3, -0.25) is 9.59 Å². The molecule has 1 amide bonds. The van der Waals surface area contributed by atoms with Crippen molar-refractivity contribution in [1.82, 2.24) is 10.3 Å². The van der Waals surface area contributed by atoms with Crippen LogP contribution in [-0.4, -0.2) is 30.5 Å². The van der Waals surface area contributed by atoms with Gasteiger partial charge in [0.2, 0.25) is 0 Å². The Balaban J connectivity index is 2.33. The van der Waals surface area contributed by atoms with E-state index in [0.717, 1.165) is 9.08 Å². The first-order chi connectivity index (χ1) is 8.04. The van der Waals surface area contributed by atoms with Crippen LogP contribution in [0.3, 0.4) is 0 Å². The van der Waals surface area contributed by atoms with Crippen molar-refractivity contribution in [3.63, 3.8) is 0 Å². The topological polar surface area (TPSA) is 71.2 Å². The third-order valence-electron chi connectivity index (χ3n) is 2.04. The van der Waals surface area contributed by atoms with Gasteiger partial charge in [0.1, 0.15) is 5.69 Å². The number of methoxy groups -OCH3 is 1. The number of amides is 1. The number of H-pyrrole nitrogens is 1. The first-order valence-corrected chi connectivity index (χ1v) is 6.52. The van der Waals surface area contributed by atoms with Crippen molar-refractivity contribution in [2.45, 2.75) is 12.8 Å². The lowest BCUT2D eigenvalue weighted by Gasteiger charge is -2.02. The molecule has 2 N–H and O–H groups in total. The molecule has 0 spiro atoms. The van der Waals surface area contributed by atoms with E-state index in [1.807, 2.05) is 0 Å². The number of carbonyl (C=O) groups excluding carboxylic acids is 2. The summed E-state index contributed by atoms with van der Waals surface area (Å²) >= 11 is 6.53. The third kappa shape index (κ3) is 4.51. The number of rotatable bonds is 5. The van der Waals surface area contributed by atoms with E-state index in [-0.39, 0.29) is 11.9 Å². The standard InChI is InChI=1S/C10H12Br2N2O3/c1-17-8(15)3-2-4-13-10(16)7-5-6(11)9(12)14-7/h5,14H,2-4H2,1H3,(H,13,16). The number of esters is 1. The zero-order valence-electron chi connectivity index (χ0n) is 9.18. The van der Waals surface area contributed by atoms with E-state index >= 15 is 0 Å². The Labute approximate surface area is 116 Å². The van der Waals surface area contributed by atoms with Crippen molar-refractivity contribution >= 4 is 43.7 Å². The summed E-state index contributed by atoms with van der Waals surface area (Å²) in [7, 11) is 1.34. The summed E-state index contributed by atoms with van der Waals surface area (Å²) in [6.45, 7) is 0.433. The zero-order valence-corrected chi connectivity index (χ0v) is 12.4. The van der Waals surface area contributed by atoms with Gasteiger partial charge in [-0.1, -0.05) is 0 Å². The Hall–Kier alpha value is -0.820. The van der Waals surface area contributed by atoms with E-state index in [0.29, 0.717) is 25.1 Å². The molecular formula is C10H12Br2N2O3. The van der Waals surface area contributed by atoms with Crippen molar-refractivity contribution in [3.8, 4) is 0 Å². The number of hydrogen-bond donors (Lipinski definition) is 2. The lowest BCUT2D eigenvalue weighted by molar-refractivity contribution is -0.140. The van der Waals surface area contributed by atoms with Gasteiger partial charge in [-0.25, -0.2) is 0 Å². The Morgan fingerprint density at radius 1 is 1.47 bits per heavy atom. The van der Waals surface area contributed by atoms with Crippen LogP contribution in [0.4, 0.5) is 0 Å². The molecule has 0 unspecified atom stereocenters. The summed E-state index contributed by atoms with van der Waals surface area (Å²) in [6, 6.07) is 1.68. The molecule has 0 aliphatic rings. The van der Waals surface area contributed by atoms with Gasteiger partial charge in [0.05, 0.1) is 16.2 Å². The van der Waals surface area contributed by atoms with Crippen LogP contribution in [-0.2, 0) is 9.53 Å². The van der Waals surface area contributed by atoms with E-state index in [1.54, 1.807) is 6.07 Å². The number of nitrogens with one attached hydrogen (secondary N) is 2. The lowest BCUT2D eigenvalue weighted by atomic mass is 10.3. The van der Waals surface area contributed by atoms with Crippen LogP contribution in [0.2, 0.25) is 0 Å². The second-order valence-corrected chi connectivity index (χ2v) is 4.93. The molecular weight excluding hydrogens is 356 g/mol. The molecule has 0 saturated heterocycles. The van der Waals surface area contributed by atoms with Gasteiger partial charge < -0.3 is 15.0 Å². The molecule has 0 fully saturated rings. The average Bonchev–Trinajstić information content (AvgIpc) is 2.64. The predicted octanol–water partition coefficient (Wildman–Crippen LogP) is 2.22. The Morgan fingerprint density at radius 3 is 2.71 bits per heavy atom. The zero-order chi connectivity index (χ0) is 12.8. The maximum Gasteiger partial charge on any atom is 0.305 e. The second-order valence-electron chi connectivity index (χ2n) is 3.28. The Bertz CT molecular complexity index is 398. The smallest absolute Gasteiger partial charge is 0.305 e. The molecule has 1 aromatic rings. The highest BCUT2D eigenvalue weighted by Gasteiger charge is 2.10. The minimum absolute atomic E-state index is 0.207. The van der Waals surface area contributed by atoms with Crippen LogP contribution in [0.25, 0.3) is 0 Å². The van der Waals surface area contributed by atoms with Crippen LogP contribution >= 0.6 is 31.9 Å². The first kappa shape index (κ1) is 14.2. The van der Waals surface area contributed by atoms with Gasteiger partial charge in [-0.05, 0) is 44.3 Å². The number of ether oxygens (including phenoxy) is 1. The molecule has 7 heteroatoms. The van der Waals surface area contributed by atoms with Crippen LogP contribution in [0, 0.1) is 0 Å². The maximum atomic E-state index is 11.6. The van der Waals surface area contributed by atoms with Gasteiger partial charge in [-0.2, -0.15) is 0 Å². The highest BCUT2D eigenvalue weighted by Crippen LogP contribution is 2.22. The van der Waals surface area contributed by atoms with Crippen molar-refractivity contribution in [3.05, 3.63) is 20.8 Å². The summed E-state index contributed by atoms with van der Waals surface area (Å²) in [5, 5.41) is 2.70. The summed E-state index contributed by atoms with van der Waals surface area (Å²) < 4.78 is 6.00. The fourth-order valence-electron chi connectivity index (χ4n) is 1.16. The molecule has 94 valence electrons. The second kappa shape index (κ2) is 6.80. The van der Waals surface area contributed by atoms with Gasteiger partial charge in [0.15, 0.2) is 0 Å². The highest BCUT2D eigenvalue weighted by molar-refractivity contribution is 9.13. The van der Waals surface area contributed by atoms with E-state index in [1.165, 1.54) is 7.11 Å². The van der Waals surface area contributed by atoms with Crippen LogP contribution < -0.4 is 5.32 Å². The van der Waals surface area contributed by atoms with Crippen LogP contribution in [0.1, 0.15) is 23.3 Å². The SMILES string of the molecule is COC(=O)CCCNC(=O)c1cc(Br)c(Br)[nH]1. The van der Waals surface area contributed by atoms with Gasteiger partial charge in [-0.15, -0.1) is 0 Å². The summed E-state index contributed by atoms with van der Waals surface area (Å²) in [5.41, 5.74) is 0.460. The first-order valence-electron chi connectivity index (χ1n) is 4.93. The van der Waals surface area contributed by atoms with Crippen molar-refractivity contribution in [2.24, 2.45) is 0 Å². The minimum atomic E-state index is -0.274. The van der Waals surface area contributed by atoms with E-state index in [2.05, 4.69) is 46.9 Å². The lowest BCUT2D eigenvalue weighted by Crippen LogP contribution is -2.25. The normalized spacial score (nSPS) is 10.1. The molecule has 1 aromatic heterocycles. The van der Waals surface area contributed by atoms with Gasteiger partial charge in [0, 0.05) is 13.0 Å². The summed E-state index contributed by atoms with van der Waals surface area (Å²) in [6.07, 6.45) is 0.857. The largest absolute Gasteiger partial charge is 0.469 e. The van der Waals surface area contributed by atoms with E-state index in [9.17, 15) is 9.59 Å². The fraction of sp³-hybridized carbons (Fsp3) is 0.400. The molecule has 0 aromatic carbocycles. The molecule has 0 radical (unpaired) electrons. The quantitative estimate of drug-likeness (QED) is 0.619. The molecule has 1 rings (SSSR count). The third-order valence-corrected chi connectivity index (χ3v) is 3.82. The monoisotopic (exact) mass is 366 g/mol. The summed E-state index contributed by atoms with van der Waals surface area (Å²) in [5.74, 6) is -0.481. The van der Waals surface area contributed by atoms with E-state index < -0.39 is 0 Å². The highest BCUT2D eigenvalue weighted by atomic mass is 79.9. The molecule has 0 atom stereocenters. The van der Waals surface area contributed by atoms with Gasteiger partial charge >= 0.3 is 5.97 Å². The molecule has 0 aliphatic heterocycles. The predicted molar refractivity (Wildman–Crippen MR) is 69.8 cm³/mol. The minimum Gasteiger partial charge on any atom is -0.469 e. The number of hydrogen-bond acceptors (Lipinski definition) is 3. The molecule has 17 heavy (non-hydrogen) atoms. The number of carbonyl (C=O) groups is 2. The number of halogens is 2. The average molecular weight is 368 g/mol. The van der Waals surface area contributed by atoms with Crippen LogP contribution in [0.5, 0.6) is 0 Å². The van der Waals surface area contributed by atoms with Crippen molar-refractivity contribution in [2.75, 3.05) is 13.7 Å². The van der Waals surface area contributed by atoms with Crippen molar-refractivity contribution < 1.29 is 14.3 Å². The van der Waals surface area contributed by atoms with Crippen LogP contribution in [0.15, 0.2) is 15.1 Å². The molecule has 0 saturated carbocycles. The molecule has 1 heterocycles. The summed E-state index contributed by atoms with van der Waals surface area (Å²) in [4.78, 5) is 25.3. The Morgan fingerprint density at radius 2 is 2.18 bits per heavy atom. The molecule has 0 bridgehead atoms. The van der Waals surface area contributed by atoms with Gasteiger partial charge in [0.25, 0.3) is 5.91 Å². The number of aromatic nitrogens is 1. The molecule has 5 nitrogen and oxygen atoms in total. The van der Waals surface area contributed by atoms with Crippen molar-refractivity contribution in [1.29, 1.82) is 0 Å². The number of aromatic amines is 1. The Kier molecular flexibility index (Phi) is 5.70. The van der Waals surface area contributed by atoms with E-state index in [4.69, 9.17) is 0 Å². The fourth-order valence-corrected chi connectivity index (χ4v) is 1.81. The maximum absolute atomic E-state index is 11.6. The molecule has 0 aliphatic carbocycles.